The Kier molecular flexibility index (Phi) is 12.4. The van der Waals surface area contributed by atoms with Gasteiger partial charge in [0, 0.05) is 72.6 Å². The fourth-order valence-corrected chi connectivity index (χ4v) is 6.42. The lowest BCUT2D eigenvalue weighted by molar-refractivity contribution is 0.0684. The summed E-state index contributed by atoms with van der Waals surface area (Å²) >= 11 is 0. The highest BCUT2D eigenvalue weighted by Crippen LogP contribution is 2.36. The molecule has 0 amide bonds. The Bertz CT molecular complexity index is 1130. The lowest BCUT2D eigenvalue weighted by Gasteiger charge is -2.43. The molecule has 6 nitrogen and oxygen atoms in total. The Labute approximate surface area is 269 Å². The zero-order valence-corrected chi connectivity index (χ0v) is 30.1. The molecule has 2 aromatic carbocycles. The Morgan fingerprint density at radius 1 is 0.636 bits per heavy atom. The smallest absolute Gasteiger partial charge is 0.124 e. The van der Waals surface area contributed by atoms with Crippen molar-refractivity contribution in [2.24, 2.45) is 0 Å². The number of nitrogens with zero attached hydrogens (tertiary/aromatic N) is 2. The second-order valence-corrected chi connectivity index (χ2v) is 16.1. The van der Waals surface area contributed by atoms with Gasteiger partial charge in [-0.25, -0.2) is 0 Å². The van der Waals surface area contributed by atoms with Crippen LogP contribution >= 0.6 is 0 Å². The maximum Gasteiger partial charge on any atom is 0.124 e. The number of hydrogen-bond acceptors (Lipinski definition) is 6. The van der Waals surface area contributed by atoms with Crippen LogP contribution in [0.4, 0.5) is 0 Å². The van der Waals surface area contributed by atoms with Gasteiger partial charge in [0.05, 0.1) is 0 Å². The molecule has 0 bridgehead atoms. The molecule has 1 aliphatic rings. The van der Waals surface area contributed by atoms with Gasteiger partial charge in [0.25, 0.3) is 0 Å². The Morgan fingerprint density at radius 2 is 0.955 bits per heavy atom. The Morgan fingerprint density at radius 3 is 1.25 bits per heavy atom. The molecular formula is C38H64N4O2. The molecule has 0 heterocycles. The minimum absolute atomic E-state index is 0.00563. The predicted octanol–water partition coefficient (Wildman–Crippen LogP) is 7.56. The standard InChI is InChI=1S/C38H64N4O2/c1-25(2)39-21-27-17-31(37(5,6)7)19-29(35(27)43)23-41(11)33-15-13-14-16-34(33)42(12)24-30-20-32(38(8,9)10)18-28(36(30)44)22-40-26(3)4/h17-20,25-26,33-34,39-40,43-44H,13-16,21-24H2,1-12H3. The molecule has 0 radical (unpaired) electrons. The highest BCUT2D eigenvalue weighted by atomic mass is 16.3. The molecule has 248 valence electrons. The Balaban J connectivity index is 1.89. The van der Waals surface area contributed by atoms with Crippen molar-refractivity contribution in [3.8, 4) is 11.5 Å². The van der Waals surface area contributed by atoms with Crippen molar-refractivity contribution in [2.45, 2.75) is 156 Å². The van der Waals surface area contributed by atoms with Crippen molar-refractivity contribution in [3.05, 3.63) is 57.6 Å². The number of phenols is 2. The minimum Gasteiger partial charge on any atom is -0.507 e. The van der Waals surface area contributed by atoms with E-state index in [1.165, 1.54) is 24.0 Å². The lowest BCUT2D eigenvalue weighted by atomic mass is 9.83. The molecule has 1 fully saturated rings. The third kappa shape index (κ3) is 9.69. The summed E-state index contributed by atoms with van der Waals surface area (Å²) in [5, 5.41) is 29.9. The van der Waals surface area contributed by atoms with E-state index in [1.54, 1.807) is 0 Å². The summed E-state index contributed by atoms with van der Waals surface area (Å²) in [7, 11) is 4.44. The maximum absolute atomic E-state index is 11.4. The SMILES string of the molecule is CC(C)NCc1cc(C(C)(C)C)cc(CN(C)C2CCCCC2N(C)Cc2cc(C(C)(C)C)cc(CNC(C)C)c2O)c1O. The van der Waals surface area contributed by atoms with Gasteiger partial charge in [-0.15, -0.1) is 0 Å². The van der Waals surface area contributed by atoms with Crippen molar-refractivity contribution >= 4 is 0 Å². The number of likely N-dealkylation sites (N-methyl/N-ethyl adjacent to an activating group) is 2. The number of rotatable bonds is 12. The molecule has 2 aromatic rings. The summed E-state index contributed by atoms with van der Waals surface area (Å²) < 4.78 is 0. The largest absolute Gasteiger partial charge is 0.507 e. The van der Waals surface area contributed by atoms with Crippen LogP contribution in [0.5, 0.6) is 11.5 Å². The molecular weight excluding hydrogens is 544 g/mol. The van der Waals surface area contributed by atoms with Crippen molar-refractivity contribution in [1.29, 1.82) is 0 Å². The molecule has 3 rings (SSSR count). The van der Waals surface area contributed by atoms with Crippen LogP contribution in [0.2, 0.25) is 0 Å². The topological polar surface area (TPSA) is 71.0 Å². The molecule has 4 N–H and O–H groups in total. The van der Waals surface area contributed by atoms with E-state index in [9.17, 15) is 10.2 Å². The normalized spacial score (nSPS) is 18.3. The van der Waals surface area contributed by atoms with Crippen LogP contribution < -0.4 is 10.6 Å². The molecule has 1 saturated carbocycles. The van der Waals surface area contributed by atoms with E-state index in [1.807, 2.05) is 0 Å². The quantitative estimate of drug-likeness (QED) is 0.199. The predicted molar refractivity (Wildman–Crippen MR) is 187 cm³/mol. The molecule has 6 heteroatoms. The summed E-state index contributed by atoms with van der Waals surface area (Å²) in [5.74, 6) is 0.843. The zero-order valence-electron chi connectivity index (χ0n) is 30.1. The number of hydrogen-bond donors (Lipinski definition) is 4. The van der Waals surface area contributed by atoms with Crippen LogP contribution in [-0.2, 0) is 37.0 Å². The van der Waals surface area contributed by atoms with E-state index in [-0.39, 0.29) is 10.8 Å². The molecule has 2 atom stereocenters. The second kappa shape index (κ2) is 15.0. The van der Waals surface area contributed by atoms with Gasteiger partial charge in [-0.1, -0.05) is 106 Å². The van der Waals surface area contributed by atoms with Crippen LogP contribution in [-0.4, -0.2) is 58.3 Å². The van der Waals surface area contributed by atoms with Crippen molar-refractivity contribution in [2.75, 3.05) is 14.1 Å². The van der Waals surface area contributed by atoms with E-state index in [0.717, 1.165) is 35.1 Å². The highest BCUT2D eigenvalue weighted by molar-refractivity contribution is 5.47. The summed E-state index contributed by atoms with van der Waals surface area (Å²) in [6.07, 6.45) is 4.69. The number of nitrogens with one attached hydrogen (secondary N) is 2. The summed E-state index contributed by atoms with van der Waals surface area (Å²) in [6.45, 7) is 24.7. The molecule has 0 saturated heterocycles. The van der Waals surface area contributed by atoms with E-state index in [2.05, 4.69) is 128 Å². The van der Waals surface area contributed by atoms with Gasteiger partial charge >= 0.3 is 0 Å². The number of phenolic OH excluding ortho intramolecular Hbond substituents is 2. The van der Waals surface area contributed by atoms with Crippen molar-refractivity contribution in [1.82, 2.24) is 20.4 Å². The first-order valence-corrected chi connectivity index (χ1v) is 17.0. The van der Waals surface area contributed by atoms with E-state index in [4.69, 9.17) is 0 Å². The maximum atomic E-state index is 11.4. The van der Waals surface area contributed by atoms with E-state index >= 15 is 0 Å². The van der Waals surface area contributed by atoms with Gasteiger partial charge in [0.1, 0.15) is 11.5 Å². The van der Waals surface area contributed by atoms with Crippen LogP contribution in [0.15, 0.2) is 24.3 Å². The average molecular weight is 609 g/mol. The minimum atomic E-state index is -0.00563. The van der Waals surface area contributed by atoms with Crippen molar-refractivity contribution < 1.29 is 10.2 Å². The van der Waals surface area contributed by atoms with Crippen LogP contribution in [0, 0.1) is 0 Å². The molecule has 44 heavy (non-hydrogen) atoms. The van der Waals surface area contributed by atoms with E-state index in [0.29, 0.717) is 61.8 Å². The fourth-order valence-electron chi connectivity index (χ4n) is 6.42. The first kappa shape index (κ1) is 36.3. The van der Waals surface area contributed by atoms with Gasteiger partial charge in [-0.2, -0.15) is 0 Å². The molecule has 0 spiro atoms. The third-order valence-electron chi connectivity index (χ3n) is 9.33. The summed E-state index contributed by atoms with van der Waals surface area (Å²) in [4.78, 5) is 4.93. The molecule has 2 unspecified atom stereocenters. The first-order valence-electron chi connectivity index (χ1n) is 17.0. The Hall–Kier alpha value is -2.12. The van der Waals surface area contributed by atoms with Gasteiger partial charge in [0.2, 0.25) is 0 Å². The van der Waals surface area contributed by atoms with Crippen LogP contribution in [0.25, 0.3) is 0 Å². The fraction of sp³-hybridized carbons (Fsp3) is 0.684. The molecule has 0 aliphatic heterocycles. The lowest BCUT2D eigenvalue weighted by Crippen LogP contribution is -2.50. The van der Waals surface area contributed by atoms with Crippen LogP contribution in [0.3, 0.4) is 0 Å². The van der Waals surface area contributed by atoms with Gasteiger partial charge in [-0.3, -0.25) is 9.80 Å². The zero-order chi connectivity index (χ0) is 33.0. The van der Waals surface area contributed by atoms with Gasteiger partial charge in [0.15, 0.2) is 0 Å². The van der Waals surface area contributed by atoms with Crippen LogP contribution in [0.1, 0.15) is 128 Å². The van der Waals surface area contributed by atoms with Gasteiger partial charge in [-0.05, 0) is 48.9 Å². The monoisotopic (exact) mass is 609 g/mol. The first-order chi connectivity index (χ1) is 20.4. The highest BCUT2D eigenvalue weighted by Gasteiger charge is 2.33. The van der Waals surface area contributed by atoms with Gasteiger partial charge < -0.3 is 20.8 Å². The average Bonchev–Trinajstić information content (AvgIpc) is 2.92. The van der Waals surface area contributed by atoms with E-state index < -0.39 is 0 Å². The van der Waals surface area contributed by atoms with Crippen molar-refractivity contribution in [3.63, 3.8) is 0 Å². The third-order valence-corrected chi connectivity index (χ3v) is 9.33. The second-order valence-electron chi connectivity index (χ2n) is 16.1. The molecule has 1 aliphatic carbocycles. The summed E-state index contributed by atoms with van der Waals surface area (Å²) in [5.41, 5.74) is 6.47. The number of benzene rings is 2. The summed E-state index contributed by atoms with van der Waals surface area (Å²) in [6, 6.07) is 10.2. The number of aromatic hydroxyl groups is 2. The molecule has 0 aromatic heterocycles.